The van der Waals surface area contributed by atoms with Crippen molar-refractivity contribution in [3.63, 3.8) is 0 Å². The van der Waals surface area contributed by atoms with E-state index in [2.05, 4.69) is 10.2 Å². The fourth-order valence-electron chi connectivity index (χ4n) is 1.19. The molecule has 0 radical (unpaired) electrons. The number of methoxy groups -OCH3 is 1. The highest BCUT2D eigenvalue weighted by atomic mass is 32.1. The predicted molar refractivity (Wildman–Crippen MR) is 56.3 cm³/mol. The summed E-state index contributed by atoms with van der Waals surface area (Å²) >= 11 is 1.23. The highest BCUT2D eigenvalue weighted by Gasteiger charge is 2.11. The van der Waals surface area contributed by atoms with E-state index in [1.807, 2.05) is 0 Å². The molecule has 0 bridgehead atoms. The molecule has 0 saturated carbocycles. The highest BCUT2D eigenvalue weighted by molar-refractivity contribution is 7.18. The molecule has 0 amide bonds. The van der Waals surface area contributed by atoms with Crippen molar-refractivity contribution in [2.24, 2.45) is 0 Å². The molecule has 2 N–H and O–H groups in total. The monoisotopic (exact) mass is 225 g/mol. The smallest absolute Gasteiger partial charge is 0.203 e. The van der Waals surface area contributed by atoms with Crippen LogP contribution in [0.15, 0.2) is 18.2 Å². The Kier molecular flexibility index (Phi) is 2.51. The van der Waals surface area contributed by atoms with Gasteiger partial charge in [0.25, 0.3) is 0 Å². The molecule has 15 heavy (non-hydrogen) atoms. The van der Waals surface area contributed by atoms with Crippen molar-refractivity contribution < 1.29 is 9.13 Å². The first-order valence-corrected chi connectivity index (χ1v) is 4.95. The van der Waals surface area contributed by atoms with Crippen molar-refractivity contribution in [1.29, 1.82) is 0 Å². The van der Waals surface area contributed by atoms with Gasteiger partial charge in [0.15, 0.2) is 5.01 Å². The number of halogens is 1. The molecule has 1 aromatic carbocycles. The largest absolute Gasteiger partial charge is 0.496 e. The summed E-state index contributed by atoms with van der Waals surface area (Å²) in [5, 5.41) is 8.54. The average Bonchev–Trinajstić information content (AvgIpc) is 2.64. The Hall–Kier alpha value is -1.69. The van der Waals surface area contributed by atoms with Gasteiger partial charge in [-0.25, -0.2) is 4.39 Å². The van der Waals surface area contributed by atoms with Crippen molar-refractivity contribution in [1.82, 2.24) is 10.2 Å². The molecular weight excluding hydrogens is 217 g/mol. The average molecular weight is 225 g/mol. The second kappa shape index (κ2) is 3.82. The van der Waals surface area contributed by atoms with Crippen LogP contribution in [0, 0.1) is 5.82 Å². The summed E-state index contributed by atoms with van der Waals surface area (Å²) in [5.41, 5.74) is 6.16. The molecule has 0 aliphatic heterocycles. The first-order chi connectivity index (χ1) is 7.20. The lowest BCUT2D eigenvalue weighted by atomic mass is 10.2. The van der Waals surface area contributed by atoms with Gasteiger partial charge < -0.3 is 10.5 Å². The van der Waals surface area contributed by atoms with Crippen LogP contribution in [-0.4, -0.2) is 17.3 Å². The minimum absolute atomic E-state index is 0.354. The van der Waals surface area contributed by atoms with E-state index in [9.17, 15) is 4.39 Å². The standard InChI is InChI=1S/C9H8FN3OS/c1-14-7-4-5(10)2-3-6(7)8-12-13-9(11)15-8/h2-4H,1H3,(H2,11,13). The van der Waals surface area contributed by atoms with Crippen molar-refractivity contribution in [2.75, 3.05) is 12.8 Å². The van der Waals surface area contributed by atoms with E-state index in [0.29, 0.717) is 21.5 Å². The zero-order valence-corrected chi connectivity index (χ0v) is 8.71. The summed E-state index contributed by atoms with van der Waals surface area (Å²) < 4.78 is 18.0. The van der Waals surface area contributed by atoms with Gasteiger partial charge >= 0.3 is 0 Å². The van der Waals surface area contributed by atoms with Crippen LogP contribution < -0.4 is 10.5 Å². The van der Waals surface area contributed by atoms with Crippen molar-refractivity contribution in [3.8, 4) is 16.3 Å². The Morgan fingerprint density at radius 2 is 2.20 bits per heavy atom. The number of ether oxygens (including phenoxy) is 1. The third-order valence-electron chi connectivity index (χ3n) is 1.83. The van der Waals surface area contributed by atoms with Crippen LogP contribution in [0.5, 0.6) is 5.75 Å². The summed E-state index contributed by atoms with van der Waals surface area (Å²) in [6.45, 7) is 0. The molecule has 0 unspecified atom stereocenters. The molecule has 4 nitrogen and oxygen atoms in total. The SMILES string of the molecule is COc1cc(F)ccc1-c1nnc(N)s1. The van der Waals surface area contributed by atoms with Gasteiger partial charge in [0.2, 0.25) is 5.13 Å². The minimum Gasteiger partial charge on any atom is -0.496 e. The van der Waals surface area contributed by atoms with E-state index in [1.165, 1.54) is 30.6 Å². The van der Waals surface area contributed by atoms with Crippen LogP contribution in [0.2, 0.25) is 0 Å². The van der Waals surface area contributed by atoms with E-state index in [0.717, 1.165) is 0 Å². The fraction of sp³-hybridized carbons (Fsp3) is 0.111. The molecule has 0 spiro atoms. The molecule has 0 fully saturated rings. The van der Waals surface area contributed by atoms with Gasteiger partial charge in [-0.1, -0.05) is 11.3 Å². The Labute approximate surface area is 89.5 Å². The molecule has 78 valence electrons. The van der Waals surface area contributed by atoms with Gasteiger partial charge in [0.1, 0.15) is 11.6 Å². The number of hydrogen-bond acceptors (Lipinski definition) is 5. The first kappa shape index (κ1) is 9.85. The Balaban J connectivity index is 2.52. The maximum absolute atomic E-state index is 12.9. The van der Waals surface area contributed by atoms with E-state index in [4.69, 9.17) is 10.5 Å². The lowest BCUT2D eigenvalue weighted by molar-refractivity contribution is 0.413. The predicted octanol–water partition coefficient (Wildman–Crippen LogP) is 1.94. The summed E-state index contributed by atoms with van der Waals surface area (Å²) in [6.07, 6.45) is 0. The highest BCUT2D eigenvalue weighted by Crippen LogP contribution is 2.32. The summed E-state index contributed by atoms with van der Waals surface area (Å²) in [5.74, 6) is 0.0687. The van der Waals surface area contributed by atoms with Gasteiger partial charge in [-0.2, -0.15) is 0 Å². The quantitative estimate of drug-likeness (QED) is 0.848. The van der Waals surface area contributed by atoms with E-state index in [1.54, 1.807) is 6.07 Å². The second-order valence-corrected chi connectivity index (χ2v) is 3.80. The van der Waals surface area contributed by atoms with Crippen LogP contribution in [0.4, 0.5) is 9.52 Å². The van der Waals surface area contributed by atoms with Crippen molar-refractivity contribution in [2.45, 2.75) is 0 Å². The van der Waals surface area contributed by atoms with Crippen molar-refractivity contribution >= 4 is 16.5 Å². The molecule has 0 atom stereocenters. The number of nitrogen functional groups attached to an aromatic ring is 1. The number of rotatable bonds is 2. The second-order valence-electron chi connectivity index (χ2n) is 2.79. The fourth-order valence-corrected chi connectivity index (χ4v) is 1.83. The number of benzene rings is 1. The summed E-state index contributed by atoms with van der Waals surface area (Å²) in [7, 11) is 1.47. The Morgan fingerprint density at radius 1 is 1.40 bits per heavy atom. The molecule has 0 aliphatic rings. The zero-order valence-electron chi connectivity index (χ0n) is 7.90. The number of nitrogens with zero attached hydrogens (tertiary/aromatic N) is 2. The Morgan fingerprint density at radius 3 is 2.80 bits per heavy atom. The molecule has 1 heterocycles. The van der Waals surface area contributed by atoms with Gasteiger partial charge in [0, 0.05) is 6.07 Å². The number of hydrogen-bond donors (Lipinski definition) is 1. The molecule has 0 aliphatic carbocycles. The van der Waals surface area contributed by atoms with Crippen LogP contribution in [0.3, 0.4) is 0 Å². The van der Waals surface area contributed by atoms with Crippen LogP contribution >= 0.6 is 11.3 Å². The van der Waals surface area contributed by atoms with Gasteiger partial charge in [-0.05, 0) is 12.1 Å². The summed E-state index contributed by atoms with van der Waals surface area (Å²) in [4.78, 5) is 0. The maximum Gasteiger partial charge on any atom is 0.203 e. The molecule has 1 aromatic heterocycles. The summed E-state index contributed by atoms with van der Waals surface area (Å²) in [6, 6.07) is 4.23. The lowest BCUT2D eigenvalue weighted by Gasteiger charge is -2.04. The molecule has 2 rings (SSSR count). The number of anilines is 1. The maximum atomic E-state index is 12.9. The topological polar surface area (TPSA) is 61.0 Å². The van der Waals surface area contributed by atoms with Crippen molar-refractivity contribution in [3.05, 3.63) is 24.0 Å². The number of nitrogens with two attached hydrogens (primary N) is 1. The molecule has 6 heteroatoms. The molecule has 0 saturated heterocycles. The Bertz CT molecular complexity index is 486. The lowest BCUT2D eigenvalue weighted by Crippen LogP contribution is -1.88. The third-order valence-corrected chi connectivity index (χ3v) is 2.62. The van der Waals surface area contributed by atoms with Gasteiger partial charge in [-0.15, -0.1) is 10.2 Å². The van der Waals surface area contributed by atoms with E-state index < -0.39 is 0 Å². The normalized spacial score (nSPS) is 10.3. The molecule has 2 aromatic rings. The first-order valence-electron chi connectivity index (χ1n) is 4.13. The molecular formula is C9H8FN3OS. The number of aromatic nitrogens is 2. The van der Waals surface area contributed by atoms with Crippen LogP contribution in [-0.2, 0) is 0 Å². The van der Waals surface area contributed by atoms with E-state index in [-0.39, 0.29) is 5.82 Å². The van der Waals surface area contributed by atoms with E-state index >= 15 is 0 Å². The van der Waals surface area contributed by atoms with Crippen LogP contribution in [0.25, 0.3) is 10.6 Å². The van der Waals surface area contributed by atoms with Gasteiger partial charge in [-0.3, -0.25) is 0 Å². The third kappa shape index (κ3) is 1.89. The van der Waals surface area contributed by atoms with Gasteiger partial charge in [0.05, 0.1) is 12.7 Å². The minimum atomic E-state index is -0.354. The van der Waals surface area contributed by atoms with Crippen LogP contribution in [0.1, 0.15) is 0 Å². The zero-order chi connectivity index (χ0) is 10.8.